The second-order valence-corrected chi connectivity index (χ2v) is 7.38. The van der Waals surface area contributed by atoms with Gasteiger partial charge >= 0.3 is 5.97 Å². The number of aryl methyl sites for hydroxylation is 2. The van der Waals surface area contributed by atoms with Gasteiger partial charge in [-0.05, 0) is 38.5 Å². The van der Waals surface area contributed by atoms with Crippen LogP contribution < -0.4 is 10.3 Å². The fourth-order valence-corrected chi connectivity index (χ4v) is 3.68. The van der Waals surface area contributed by atoms with Crippen molar-refractivity contribution >= 4 is 39.1 Å². The zero-order valence-electron chi connectivity index (χ0n) is 14.5. The van der Waals surface area contributed by atoms with Crippen LogP contribution in [0.4, 0.5) is 0 Å². The summed E-state index contributed by atoms with van der Waals surface area (Å²) in [6.07, 6.45) is -0.711. The Bertz CT molecular complexity index is 1030. The third kappa shape index (κ3) is 3.73. The minimum absolute atomic E-state index is 0.234. The molecular formula is C18H17ClN2O4S. The third-order valence-corrected chi connectivity index (χ3v) is 5.35. The standard InChI is InChI=1S/C18H17ClN2O4S/c1-9-11(3)26-18-15(9)17(23)20-16(21-18)10(2)25-14(22)8-24-13-7-5-4-6-12(13)19/h4-7,10H,8H2,1-3H3,(H,20,21,23)/t10-/m1/s1. The van der Waals surface area contributed by atoms with Gasteiger partial charge in [-0.1, -0.05) is 23.7 Å². The molecule has 3 rings (SSSR count). The summed E-state index contributed by atoms with van der Waals surface area (Å²) >= 11 is 7.41. The highest BCUT2D eigenvalue weighted by molar-refractivity contribution is 7.18. The smallest absolute Gasteiger partial charge is 0.344 e. The highest BCUT2D eigenvalue weighted by atomic mass is 35.5. The SMILES string of the molecule is Cc1sc2nc([C@@H](C)OC(=O)COc3ccccc3Cl)[nH]c(=O)c2c1C. The van der Waals surface area contributed by atoms with Crippen LogP contribution >= 0.6 is 22.9 Å². The van der Waals surface area contributed by atoms with Crippen LogP contribution in [0.25, 0.3) is 10.2 Å². The quantitative estimate of drug-likeness (QED) is 0.665. The number of esters is 1. The zero-order valence-corrected chi connectivity index (χ0v) is 16.0. The number of halogens is 1. The van der Waals surface area contributed by atoms with Gasteiger partial charge in [-0.2, -0.15) is 0 Å². The number of nitrogens with zero attached hydrogens (tertiary/aromatic N) is 1. The molecule has 6 nitrogen and oxygen atoms in total. The molecular weight excluding hydrogens is 376 g/mol. The lowest BCUT2D eigenvalue weighted by molar-refractivity contribution is -0.151. The van der Waals surface area contributed by atoms with Crippen LogP contribution in [0.2, 0.25) is 5.02 Å². The molecule has 0 saturated heterocycles. The van der Waals surface area contributed by atoms with E-state index in [0.717, 1.165) is 10.4 Å². The Morgan fingerprint density at radius 3 is 2.81 bits per heavy atom. The normalized spacial score (nSPS) is 12.2. The van der Waals surface area contributed by atoms with E-state index in [9.17, 15) is 9.59 Å². The Labute approximate surface area is 158 Å². The van der Waals surface area contributed by atoms with Crippen molar-refractivity contribution in [2.24, 2.45) is 0 Å². The van der Waals surface area contributed by atoms with Gasteiger partial charge in [0.1, 0.15) is 10.6 Å². The van der Waals surface area contributed by atoms with Crippen LogP contribution in [-0.4, -0.2) is 22.5 Å². The van der Waals surface area contributed by atoms with Gasteiger partial charge in [-0.25, -0.2) is 9.78 Å². The molecule has 8 heteroatoms. The van der Waals surface area contributed by atoms with Gasteiger partial charge in [0.15, 0.2) is 18.5 Å². The van der Waals surface area contributed by atoms with E-state index in [0.29, 0.717) is 26.8 Å². The predicted molar refractivity (Wildman–Crippen MR) is 101 cm³/mol. The van der Waals surface area contributed by atoms with Gasteiger partial charge in [0.05, 0.1) is 10.4 Å². The van der Waals surface area contributed by atoms with Crippen LogP contribution in [0, 0.1) is 13.8 Å². The Kier molecular flexibility index (Phi) is 5.29. The summed E-state index contributed by atoms with van der Waals surface area (Å²) in [7, 11) is 0. The van der Waals surface area contributed by atoms with Gasteiger partial charge in [-0.3, -0.25) is 4.79 Å². The summed E-state index contributed by atoms with van der Waals surface area (Å²) in [5.41, 5.74) is 0.685. The molecule has 0 aliphatic heterocycles. The molecule has 3 aromatic rings. The number of thiophene rings is 1. The molecule has 0 unspecified atom stereocenters. The number of aromatic amines is 1. The molecule has 2 aromatic heterocycles. The molecule has 0 aliphatic rings. The minimum Gasteiger partial charge on any atom is -0.480 e. The lowest BCUT2D eigenvalue weighted by Crippen LogP contribution is -2.20. The number of carbonyl (C=O) groups is 1. The van der Waals surface area contributed by atoms with Gasteiger partial charge < -0.3 is 14.5 Å². The predicted octanol–water partition coefficient (Wildman–Crippen LogP) is 3.94. The van der Waals surface area contributed by atoms with Crippen LogP contribution in [0.1, 0.15) is 29.3 Å². The Balaban J connectivity index is 1.70. The number of aromatic nitrogens is 2. The largest absolute Gasteiger partial charge is 0.480 e. The van der Waals surface area contributed by atoms with Crippen molar-refractivity contribution < 1.29 is 14.3 Å². The first-order valence-electron chi connectivity index (χ1n) is 7.93. The maximum atomic E-state index is 12.3. The second kappa shape index (κ2) is 7.47. The number of hydrogen-bond acceptors (Lipinski definition) is 6. The van der Waals surface area contributed by atoms with E-state index >= 15 is 0 Å². The third-order valence-electron chi connectivity index (χ3n) is 3.93. The van der Waals surface area contributed by atoms with E-state index in [1.807, 2.05) is 13.8 Å². The van der Waals surface area contributed by atoms with E-state index in [1.54, 1.807) is 31.2 Å². The summed E-state index contributed by atoms with van der Waals surface area (Å²) in [5.74, 6) is 0.116. The first kappa shape index (κ1) is 18.4. The minimum atomic E-state index is -0.711. The van der Waals surface area contributed by atoms with Gasteiger partial charge in [0, 0.05) is 4.88 Å². The number of rotatable bonds is 5. The van der Waals surface area contributed by atoms with Crippen LogP contribution in [0.15, 0.2) is 29.1 Å². The van der Waals surface area contributed by atoms with E-state index in [1.165, 1.54) is 11.3 Å². The number of benzene rings is 1. The topological polar surface area (TPSA) is 81.3 Å². The molecule has 2 heterocycles. The molecule has 0 saturated carbocycles. The van der Waals surface area contributed by atoms with E-state index in [-0.39, 0.29) is 12.2 Å². The van der Waals surface area contributed by atoms with E-state index < -0.39 is 12.1 Å². The average molecular weight is 393 g/mol. The molecule has 0 amide bonds. The first-order valence-corrected chi connectivity index (χ1v) is 9.13. The van der Waals surface area contributed by atoms with Crippen molar-refractivity contribution in [2.75, 3.05) is 6.61 Å². The number of carbonyl (C=O) groups excluding carboxylic acids is 1. The summed E-state index contributed by atoms with van der Waals surface area (Å²) in [6, 6.07) is 6.85. The molecule has 1 atom stereocenters. The summed E-state index contributed by atoms with van der Waals surface area (Å²) in [5, 5.41) is 0.991. The maximum absolute atomic E-state index is 12.3. The summed E-state index contributed by atoms with van der Waals surface area (Å²) in [6.45, 7) is 5.18. The van der Waals surface area contributed by atoms with Crippen molar-refractivity contribution in [3.05, 3.63) is 55.9 Å². The van der Waals surface area contributed by atoms with Crippen molar-refractivity contribution in [3.8, 4) is 5.75 Å². The monoisotopic (exact) mass is 392 g/mol. The van der Waals surface area contributed by atoms with Crippen LogP contribution in [-0.2, 0) is 9.53 Å². The Hall–Kier alpha value is -2.38. The highest BCUT2D eigenvalue weighted by Crippen LogP contribution is 2.27. The number of ether oxygens (including phenoxy) is 2. The highest BCUT2D eigenvalue weighted by Gasteiger charge is 2.18. The number of fused-ring (bicyclic) bond motifs is 1. The fraction of sp³-hybridized carbons (Fsp3) is 0.278. The number of nitrogens with one attached hydrogen (secondary N) is 1. The lowest BCUT2D eigenvalue weighted by Gasteiger charge is -2.13. The number of H-pyrrole nitrogens is 1. The Morgan fingerprint density at radius 2 is 2.08 bits per heavy atom. The van der Waals surface area contributed by atoms with E-state index in [2.05, 4.69) is 9.97 Å². The van der Waals surface area contributed by atoms with Crippen molar-refractivity contribution in [3.63, 3.8) is 0 Å². The second-order valence-electron chi connectivity index (χ2n) is 5.77. The Morgan fingerprint density at radius 1 is 1.35 bits per heavy atom. The van der Waals surface area contributed by atoms with Crippen molar-refractivity contribution in [1.29, 1.82) is 0 Å². The van der Waals surface area contributed by atoms with E-state index in [4.69, 9.17) is 21.1 Å². The van der Waals surface area contributed by atoms with Gasteiger partial charge in [0.2, 0.25) is 0 Å². The molecule has 26 heavy (non-hydrogen) atoms. The number of hydrogen-bond donors (Lipinski definition) is 1. The van der Waals surface area contributed by atoms with Crippen molar-refractivity contribution in [1.82, 2.24) is 9.97 Å². The zero-order chi connectivity index (χ0) is 18.8. The van der Waals surface area contributed by atoms with Gasteiger partial charge in [0.25, 0.3) is 5.56 Å². The first-order chi connectivity index (χ1) is 12.4. The molecule has 0 aliphatic carbocycles. The fourth-order valence-electron chi connectivity index (χ4n) is 2.45. The molecule has 0 radical (unpaired) electrons. The maximum Gasteiger partial charge on any atom is 0.344 e. The molecule has 1 N–H and O–H groups in total. The molecule has 0 spiro atoms. The van der Waals surface area contributed by atoms with Crippen molar-refractivity contribution in [2.45, 2.75) is 26.9 Å². The molecule has 1 aromatic carbocycles. The molecule has 0 bridgehead atoms. The molecule has 0 fully saturated rings. The average Bonchev–Trinajstić information content (AvgIpc) is 2.88. The summed E-state index contributed by atoms with van der Waals surface area (Å²) in [4.78, 5) is 33.1. The molecule has 136 valence electrons. The summed E-state index contributed by atoms with van der Waals surface area (Å²) < 4.78 is 10.7. The van der Waals surface area contributed by atoms with Crippen LogP contribution in [0.3, 0.4) is 0 Å². The lowest BCUT2D eigenvalue weighted by atomic mass is 10.2. The van der Waals surface area contributed by atoms with Crippen LogP contribution in [0.5, 0.6) is 5.75 Å². The number of para-hydroxylation sites is 1. The van der Waals surface area contributed by atoms with Gasteiger partial charge in [-0.15, -0.1) is 11.3 Å².